The zero-order valence-corrected chi connectivity index (χ0v) is 26.5. The fourth-order valence-electron chi connectivity index (χ4n) is 6.56. The van der Waals surface area contributed by atoms with Crippen molar-refractivity contribution in [2.75, 3.05) is 33.4 Å². The molecule has 236 valence electrons. The number of carbonyl (C=O) groups is 2. The molecule has 2 aliphatic rings. The molecule has 10 heteroatoms. The summed E-state index contributed by atoms with van der Waals surface area (Å²) in [6.07, 6.45) is 1.87. The number of benzene rings is 3. The summed E-state index contributed by atoms with van der Waals surface area (Å²) in [5.41, 5.74) is 4.29. The van der Waals surface area contributed by atoms with E-state index >= 15 is 0 Å². The molecule has 0 aromatic heterocycles. The molecule has 3 aromatic rings. The number of allylic oxidation sites excluding steroid dienone is 2. The van der Waals surface area contributed by atoms with E-state index in [1.807, 2.05) is 12.1 Å². The predicted molar refractivity (Wildman–Crippen MR) is 174 cm³/mol. The first-order chi connectivity index (χ1) is 21.2. The van der Waals surface area contributed by atoms with Gasteiger partial charge in [0.15, 0.2) is 0 Å². The second kappa shape index (κ2) is 14.5. The van der Waals surface area contributed by atoms with Crippen LogP contribution in [0.15, 0.2) is 107 Å². The predicted octanol–water partition coefficient (Wildman–Crippen LogP) is 6.05. The number of halogens is 1. The molecule has 5 rings (SSSR count). The lowest BCUT2D eigenvalue weighted by atomic mass is 9.68. The molecule has 0 radical (unpaired) electrons. The van der Waals surface area contributed by atoms with Gasteiger partial charge >= 0.3 is 11.9 Å². The topological polar surface area (TPSA) is 111 Å². The molecular weight excluding hydrogens is 594 g/mol. The van der Waals surface area contributed by atoms with Gasteiger partial charge in [0.1, 0.15) is 6.61 Å². The van der Waals surface area contributed by atoms with Crippen LogP contribution in [0.3, 0.4) is 0 Å². The highest BCUT2D eigenvalue weighted by Crippen LogP contribution is 2.42. The summed E-state index contributed by atoms with van der Waals surface area (Å²) in [6.45, 7) is 5.85. The number of non-ortho nitro benzene ring substituents is 1. The van der Waals surface area contributed by atoms with Crippen LogP contribution in [0.2, 0.25) is 0 Å². The fourth-order valence-corrected chi connectivity index (χ4v) is 6.56. The Morgan fingerprint density at radius 3 is 1.98 bits per heavy atom. The lowest BCUT2D eigenvalue weighted by molar-refractivity contribution is -0.384. The maximum Gasteiger partial charge on any atom is 0.336 e. The Kier molecular flexibility index (Phi) is 10.8. The largest absolute Gasteiger partial charge is 0.466 e. The third-order valence-electron chi connectivity index (χ3n) is 8.80. The first-order valence-electron chi connectivity index (χ1n) is 14.8. The summed E-state index contributed by atoms with van der Waals surface area (Å²) in [5.74, 6) is -2.10. The third-order valence-corrected chi connectivity index (χ3v) is 8.80. The maximum atomic E-state index is 13.6. The monoisotopic (exact) mass is 631 g/mol. The number of rotatable bonds is 9. The molecule has 0 spiro atoms. The molecule has 45 heavy (non-hydrogen) atoms. The number of dihydropyridines is 1. The minimum atomic E-state index is -0.886. The third kappa shape index (κ3) is 6.95. The van der Waals surface area contributed by atoms with Gasteiger partial charge < -0.3 is 14.8 Å². The highest BCUT2D eigenvalue weighted by atomic mass is 35.5. The average Bonchev–Trinajstić information content (AvgIpc) is 3.05. The summed E-state index contributed by atoms with van der Waals surface area (Å²) in [5, 5.41) is 14.6. The summed E-state index contributed by atoms with van der Waals surface area (Å²) in [7, 11) is 1.26. The molecule has 2 aliphatic heterocycles. The zero-order valence-electron chi connectivity index (χ0n) is 25.7. The van der Waals surface area contributed by atoms with E-state index in [-0.39, 0.29) is 41.3 Å². The molecule has 2 heterocycles. The summed E-state index contributed by atoms with van der Waals surface area (Å²) in [6, 6.07) is 27.2. The van der Waals surface area contributed by atoms with Crippen molar-refractivity contribution in [3.8, 4) is 0 Å². The second-order valence-electron chi connectivity index (χ2n) is 11.3. The number of methoxy groups -OCH3 is 1. The number of hydrogen-bond donors (Lipinski definition) is 1. The minimum absolute atomic E-state index is 0. The molecule has 0 amide bonds. The Morgan fingerprint density at radius 1 is 0.889 bits per heavy atom. The van der Waals surface area contributed by atoms with E-state index < -0.39 is 22.8 Å². The molecule has 1 saturated heterocycles. The number of esters is 2. The summed E-state index contributed by atoms with van der Waals surface area (Å²) < 4.78 is 10.9. The molecule has 3 aromatic carbocycles. The van der Waals surface area contributed by atoms with Crippen molar-refractivity contribution in [1.82, 2.24) is 10.2 Å². The molecule has 0 saturated carbocycles. The van der Waals surface area contributed by atoms with E-state index in [4.69, 9.17) is 9.47 Å². The molecule has 0 aliphatic carbocycles. The quantitative estimate of drug-likeness (QED) is 0.173. The number of piperidine rings is 1. The molecule has 1 atom stereocenters. The Balaban J connectivity index is 0.00000461. The number of ether oxygens (including phenoxy) is 2. The van der Waals surface area contributed by atoms with Gasteiger partial charge in [-0.3, -0.25) is 15.0 Å². The lowest BCUT2D eigenvalue weighted by Gasteiger charge is -2.43. The Labute approximate surface area is 269 Å². The molecular formula is C35H38ClN3O6. The number of nitro groups is 1. The van der Waals surface area contributed by atoms with Gasteiger partial charge in [-0.2, -0.15) is 0 Å². The van der Waals surface area contributed by atoms with Crippen LogP contribution in [-0.2, 0) is 24.5 Å². The average molecular weight is 632 g/mol. The van der Waals surface area contributed by atoms with Gasteiger partial charge in [0, 0.05) is 35.5 Å². The number of hydrogen-bond acceptors (Lipinski definition) is 8. The highest BCUT2D eigenvalue weighted by molar-refractivity contribution is 5.99. The minimum Gasteiger partial charge on any atom is -0.466 e. The van der Waals surface area contributed by atoms with Crippen molar-refractivity contribution in [3.63, 3.8) is 0 Å². The van der Waals surface area contributed by atoms with Crippen LogP contribution >= 0.6 is 12.4 Å². The number of likely N-dealkylation sites (tertiary alicyclic amines) is 1. The summed E-state index contributed by atoms with van der Waals surface area (Å²) in [4.78, 5) is 39.9. The van der Waals surface area contributed by atoms with Crippen molar-refractivity contribution in [1.29, 1.82) is 0 Å². The van der Waals surface area contributed by atoms with E-state index in [2.05, 4.69) is 58.7 Å². The van der Waals surface area contributed by atoms with Crippen LogP contribution < -0.4 is 5.32 Å². The van der Waals surface area contributed by atoms with Crippen molar-refractivity contribution >= 4 is 30.0 Å². The maximum absolute atomic E-state index is 13.6. The SMILES string of the molecule is COC(=O)C1=C(C)NC(C)=C(C(=O)OCCN2CCC(c3ccccc3)(c3ccccc3)CC2)C1c1cccc([N+](=O)[O-])c1.Cl. The number of nitro benzene ring substituents is 1. The van der Waals surface area contributed by atoms with Crippen molar-refractivity contribution in [3.05, 3.63) is 134 Å². The standard InChI is InChI=1S/C35H37N3O6.ClH/c1-24-30(33(39)43-3)32(26-11-10-16-29(23-26)38(41)42)31(25(2)36-24)34(40)44-22-21-37-19-17-35(18-20-37,27-12-6-4-7-13-27)28-14-8-5-9-15-28;/h4-16,23,32,36H,17-22H2,1-3H3;1H. The van der Waals surface area contributed by atoms with E-state index in [0.29, 0.717) is 23.5 Å². The number of carbonyl (C=O) groups excluding carboxylic acids is 2. The van der Waals surface area contributed by atoms with Gasteiger partial charge in [0.25, 0.3) is 5.69 Å². The van der Waals surface area contributed by atoms with Gasteiger partial charge in [0.2, 0.25) is 0 Å². The molecule has 9 nitrogen and oxygen atoms in total. The Hall–Kier alpha value is -4.47. The highest BCUT2D eigenvalue weighted by Gasteiger charge is 2.39. The van der Waals surface area contributed by atoms with Crippen LogP contribution in [0.1, 0.15) is 49.3 Å². The van der Waals surface area contributed by atoms with Gasteiger partial charge in [-0.05, 0) is 56.5 Å². The smallest absolute Gasteiger partial charge is 0.336 e. The van der Waals surface area contributed by atoms with Crippen molar-refractivity contribution in [2.24, 2.45) is 0 Å². The van der Waals surface area contributed by atoms with Gasteiger partial charge in [-0.15, -0.1) is 12.4 Å². The first-order valence-corrected chi connectivity index (χ1v) is 14.8. The van der Waals surface area contributed by atoms with Gasteiger partial charge in [-0.25, -0.2) is 9.59 Å². The van der Waals surface area contributed by atoms with Gasteiger partial charge in [-0.1, -0.05) is 72.8 Å². The summed E-state index contributed by atoms with van der Waals surface area (Å²) >= 11 is 0. The first kappa shape index (κ1) is 33.4. The zero-order chi connectivity index (χ0) is 31.3. The second-order valence-corrected chi connectivity index (χ2v) is 11.3. The van der Waals surface area contributed by atoms with Crippen LogP contribution in [0, 0.1) is 10.1 Å². The van der Waals surface area contributed by atoms with Crippen molar-refractivity contribution in [2.45, 2.75) is 38.0 Å². The normalized spacial score (nSPS) is 18.0. The van der Waals surface area contributed by atoms with E-state index in [9.17, 15) is 19.7 Å². The van der Waals surface area contributed by atoms with Gasteiger partial charge in [0.05, 0.1) is 29.1 Å². The lowest BCUT2D eigenvalue weighted by Crippen LogP contribution is -2.44. The van der Waals surface area contributed by atoms with Crippen LogP contribution in [0.5, 0.6) is 0 Å². The van der Waals surface area contributed by atoms with Crippen LogP contribution in [0.25, 0.3) is 0 Å². The van der Waals surface area contributed by atoms with Crippen molar-refractivity contribution < 1.29 is 24.0 Å². The van der Waals surface area contributed by atoms with Crippen LogP contribution in [-0.4, -0.2) is 55.1 Å². The molecule has 1 unspecified atom stereocenters. The molecule has 1 N–H and O–H groups in total. The molecule has 1 fully saturated rings. The van der Waals surface area contributed by atoms with Crippen LogP contribution in [0.4, 0.5) is 5.69 Å². The Morgan fingerprint density at radius 2 is 1.44 bits per heavy atom. The van der Waals surface area contributed by atoms with E-state index in [0.717, 1.165) is 25.9 Å². The number of nitrogens with zero attached hydrogens (tertiary/aromatic N) is 2. The molecule has 0 bridgehead atoms. The number of nitrogens with one attached hydrogen (secondary N) is 1. The Bertz CT molecular complexity index is 1560. The fraction of sp³-hybridized carbons (Fsp3) is 0.314. The van der Waals surface area contributed by atoms with E-state index in [1.165, 1.54) is 30.4 Å². The van der Waals surface area contributed by atoms with E-state index in [1.54, 1.807) is 26.0 Å².